The summed E-state index contributed by atoms with van der Waals surface area (Å²) in [6, 6.07) is 6.75. The number of benzene rings is 1. The minimum absolute atomic E-state index is 0.0454. The largest absolute Gasteiger partial charge is 0.395 e. The SMILES string of the molecule is OCC(CO)N[C@@H]1CCC[C@@H]1Cc1ccc(F)cc1. The van der Waals surface area contributed by atoms with E-state index < -0.39 is 0 Å². The van der Waals surface area contributed by atoms with Crippen LogP contribution in [-0.2, 0) is 6.42 Å². The van der Waals surface area contributed by atoms with Crippen molar-refractivity contribution in [1.82, 2.24) is 5.32 Å². The highest BCUT2D eigenvalue weighted by atomic mass is 19.1. The molecular formula is C15H22FNO2. The number of hydrogen-bond donors (Lipinski definition) is 3. The summed E-state index contributed by atoms with van der Waals surface area (Å²) in [4.78, 5) is 0. The first-order valence-electron chi connectivity index (χ1n) is 6.95. The van der Waals surface area contributed by atoms with E-state index in [1.807, 2.05) is 12.1 Å². The lowest BCUT2D eigenvalue weighted by atomic mass is 9.94. The van der Waals surface area contributed by atoms with Crippen LogP contribution in [0.3, 0.4) is 0 Å². The Labute approximate surface area is 113 Å². The Balaban J connectivity index is 1.93. The van der Waals surface area contributed by atoms with E-state index >= 15 is 0 Å². The van der Waals surface area contributed by atoms with Gasteiger partial charge in [0.15, 0.2) is 0 Å². The van der Waals surface area contributed by atoms with Crippen molar-refractivity contribution >= 4 is 0 Å². The molecule has 19 heavy (non-hydrogen) atoms. The standard InChI is InChI=1S/C15H22FNO2/c16-13-6-4-11(5-7-13)8-12-2-1-3-15(12)17-14(9-18)10-19/h4-7,12,14-15,17-19H,1-3,8-10H2/t12-,15-/m1/s1. The Morgan fingerprint density at radius 2 is 1.84 bits per heavy atom. The molecule has 0 amide bonds. The van der Waals surface area contributed by atoms with Crippen LogP contribution in [0.5, 0.6) is 0 Å². The molecule has 4 heteroatoms. The highest BCUT2D eigenvalue weighted by Crippen LogP contribution is 2.29. The number of hydrogen-bond acceptors (Lipinski definition) is 3. The molecular weight excluding hydrogens is 245 g/mol. The maximum atomic E-state index is 12.9. The zero-order chi connectivity index (χ0) is 13.7. The number of aliphatic hydroxyl groups excluding tert-OH is 2. The van der Waals surface area contributed by atoms with Crippen LogP contribution in [0.25, 0.3) is 0 Å². The van der Waals surface area contributed by atoms with Crippen LogP contribution in [0.2, 0.25) is 0 Å². The van der Waals surface area contributed by atoms with Gasteiger partial charge >= 0.3 is 0 Å². The van der Waals surface area contributed by atoms with Crippen molar-refractivity contribution in [2.45, 2.75) is 37.8 Å². The van der Waals surface area contributed by atoms with Gasteiger partial charge in [0, 0.05) is 6.04 Å². The average molecular weight is 267 g/mol. The van der Waals surface area contributed by atoms with Gasteiger partial charge in [-0.05, 0) is 42.9 Å². The average Bonchev–Trinajstić information content (AvgIpc) is 2.86. The fraction of sp³-hybridized carbons (Fsp3) is 0.600. The van der Waals surface area contributed by atoms with E-state index in [1.54, 1.807) is 0 Å². The van der Waals surface area contributed by atoms with Crippen LogP contribution in [0.1, 0.15) is 24.8 Å². The second-order valence-corrected chi connectivity index (χ2v) is 5.36. The molecule has 2 atom stereocenters. The van der Waals surface area contributed by atoms with Gasteiger partial charge in [0.1, 0.15) is 5.82 Å². The summed E-state index contributed by atoms with van der Waals surface area (Å²) in [5.74, 6) is 0.288. The number of nitrogens with one attached hydrogen (secondary N) is 1. The van der Waals surface area contributed by atoms with Gasteiger partial charge in [-0.3, -0.25) is 0 Å². The molecule has 0 bridgehead atoms. The molecule has 0 aromatic heterocycles. The van der Waals surface area contributed by atoms with Crippen molar-refractivity contribution in [2.24, 2.45) is 5.92 Å². The second kappa shape index (κ2) is 6.98. The molecule has 0 radical (unpaired) electrons. The van der Waals surface area contributed by atoms with E-state index in [-0.39, 0.29) is 25.1 Å². The summed E-state index contributed by atoms with van der Waals surface area (Å²) in [7, 11) is 0. The quantitative estimate of drug-likeness (QED) is 0.732. The minimum Gasteiger partial charge on any atom is -0.395 e. The maximum absolute atomic E-state index is 12.9. The first kappa shape index (κ1) is 14.4. The van der Waals surface area contributed by atoms with E-state index in [0.29, 0.717) is 12.0 Å². The van der Waals surface area contributed by atoms with Gasteiger partial charge in [0.25, 0.3) is 0 Å². The molecule has 3 nitrogen and oxygen atoms in total. The van der Waals surface area contributed by atoms with Crippen LogP contribution < -0.4 is 5.32 Å². The van der Waals surface area contributed by atoms with E-state index in [1.165, 1.54) is 12.1 Å². The van der Waals surface area contributed by atoms with Crippen molar-refractivity contribution in [1.29, 1.82) is 0 Å². The third-order valence-corrected chi connectivity index (χ3v) is 3.96. The summed E-state index contributed by atoms with van der Waals surface area (Å²) in [6.45, 7) is -0.0907. The third-order valence-electron chi connectivity index (χ3n) is 3.96. The molecule has 1 aliphatic rings. The highest BCUT2D eigenvalue weighted by molar-refractivity contribution is 5.17. The minimum atomic E-state index is -0.237. The van der Waals surface area contributed by atoms with Crippen LogP contribution in [-0.4, -0.2) is 35.5 Å². The first-order valence-corrected chi connectivity index (χ1v) is 6.95. The van der Waals surface area contributed by atoms with Gasteiger partial charge in [-0.1, -0.05) is 18.6 Å². The van der Waals surface area contributed by atoms with E-state index in [9.17, 15) is 4.39 Å². The number of rotatable bonds is 6. The Morgan fingerprint density at radius 3 is 2.47 bits per heavy atom. The van der Waals surface area contributed by atoms with Crippen LogP contribution in [0.4, 0.5) is 4.39 Å². The van der Waals surface area contributed by atoms with Crippen molar-refractivity contribution in [3.63, 3.8) is 0 Å². The van der Waals surface area contributed by atoms with Gasteiger partial charge in [0.05, 0.1) is 19.3 Å². The first-order chi connectivity index (χ1) is 9.22. The molecule has 1 saturated carbocycles. The molecule has 3 N–H and O–H groups in total. The fourth-order valence-corrected chi connectivity index (χ4v) is 2.89. The molecule has 1 fully saturated rings. The topological polar surface area (TPSA) is 52.5 Å². The molecule has 1 aromatic carbocycles. The monoisotopic (exact) mass is 267 g/mol. The number of aliphatic hydroxyl groups is 2. The lowest BCUT2D eigenvalue weighted by Gasteiger charge is -2.25. The van der Waals surface area contributed by atoms with E-state index in [2.05, 4.69) is 5.32 Å². The molecule has 1 aliphatic carbocycles. The van der Waals surface area contributed by atoms with Crippen molar-refractivity contribution in [2.75, 3.05) is 13.2 Å². The van der Waals surface area contributed by atoms with Crippen LogP contribution in [0.15, 0.2) is 24.3 Å². The lowest BCUT2D eigenvalue weighted by Crippen LogP contribution is -2.44. The van der Waals surface area contributed by atoms with Gasteiger partial charge in [-0.15, -0.1) is 0 Å². The zero-order valence-electron chi connectivity index (χ0n) is 11.1. The molecule has 106 valence electrons. The van der Waals surface area contributed by atoms with Gasteiger partial charge in [0.2, 0.25) is 0 Å². The van der Waals surface area contributed by atoms with Crippen LogP contribution in [0, 0.1) is 11.7 Å². The van der Waals surface area contributed by atoms with Gasteiger partial charge in [-0.25, -0.2) is 4.39 Å². The molecule has 0 spiro atoms. The molecule has 0 saturated heterocycles. The van der Waals surface area contributed by atoms with Crippen molar-refractivity contribution in [3.8, 4) is 0 Å². The van der Waals surface area contributed by atoms with Crippen molar-refractivity contribution < 1.29 is 14.6 Å². The smallest absolute Gasteiger partial charge is 0.123 e. The van der Waals surface area contributed by atoms with Gasteiger partial charge in [-0.2, -0.15) is 0 Å². The zero-order valence-corrected chi connectivity index (χ0v) is 11.1. The Kier molecular flexibility index (Phi) is 5.31. The summed E-state index contributed by atoms with van der Waals surface area (Å²) in [6.07, 6.45) is 4.29. The summed E-state index contributed by atoms with van der Waals surface area (Å²) in [5.41, 5.74) is 1.14. The molecule has 1 aromatic rings. The lowest BCUT2D eigenvalue weighted by molar-refractivity contribution is 0.155. The van der Waals surface area contributed by atoms with Crippen LogP contribution >= 0.6 is 0 Å². The Morgan fingerprint density at radius 1 is 1.16 bits per heavy atom. The predicted octanol–water partition coefficient (Wildman–Crippen LogP) is 1.48. The third kappa shape index (κ3) is 4.00. The molecule has 0 aliphatic heterocycles. The van der Waals surface area contributed by atoms with Crippen molar-refractivity contribution in [3.05, 3.63) is 35.6 Å². The fourth-order valence-electron chi connectivity index (χ4n) is 2.89. The Bertz CT molecular complexity index is 378. The number of halogens is 1. The highest BCUT2D eigenvalue weighted by Gasteiger charge is 2.28. The summed E-state index contributed by atoms with van der Waals surface area (Å²) in [5, 5.41) is 21.6. The summed E-state index contributed by atoms with van der Waals surface area (Å²) < 4.78 is 12.9. The second-order valence-electron chi connectivity index (χ2n) is 5.36. The molecule has 2 rings (SSSR count). The maximum Gasteiger partial charge on any atom is 0.123 e. The van der Waals surface area contributed by atoms with E-state index in [0.717, 1.165) is 31.2 Å². The molecule has 0 unspecified atom stereocenters. The van der Waals surface area contributed by atoms with Gasteiger partial charge < -0.3 is 15.5 Å². The summed E-state index contributed by atoms with van der Waals surface area (Å²) >= 11 is 0. The van der Waals surface area contributed by atoms with E-state index in [4.69, 9.17) is 10.2 Å². The Hall–Kier alpha value is -0.970. The predicted molar refractivity (Wildman–Crippen MR) is 72.3 cm³/mol. The molecule has 0 heterocycles. The normalized spacial score (nSPS) is 23.2.